The molecule has 2 unspecified atom stereocenters. The molecule has 3 aromatic carbocycles. The second-order valence-electron chi connectivity index (χ2n) is 8.86. The van der Waals surface area contributed by atoms with Gasteiger partial charge in [0.2, 0.25) is 0 Å². The molecule has 192 valence electrons. The van der Waals surface area contributed by atoms with Gasteiger partial charge in [-0.1, -0.05) is 24.3 Å². The molecule has 10 nitrogen and oxygen atoms in total. The summed E-state index contributed by atoms with van der Waals surface area (Å²) in [5, 5.41) is 31.9. The molecule has 11 heteroatoms. The van der Waals surface area contributed by atoms with Crippen molar-refractivity contribution in [3.63, 3.8) is 0 Å². The number of phenolic OH excluding ortho intramolecular Hbond substituents is 2. The fourth-order valence-corrected chi connectivity index (χ4v) is 5.19. The van der Waals surface area contributed by atoms with E-state index in [1.165, 1.54) is 50.6 Å². The summed E-state index contributed by atoms with van der Waals surface area (Å²) in [6.45, 7) is 0. The quantitative estimate of drug-likeness (QED) is 0.313. The summed E-state index contributed by atoms with van der Waals surface area (Å²) in [6, 6.07) is 12.3. The Bertz CT molecular complexity index is 1290. The van der Waals surface area contributed by atoms with Crippen LogP contribution in [0.3, 0.4) is 0 Å². The molecule has 0 aromatic heterocycles. The first kappa shape index (κ1) is 24.0. The molecule has 2 aliphatic rings. The lowest BCUT2D eigenvalue weighted by Gasteiger charge is -2.54. The number of hydrogen-bond acceptors (Lipinski definition) is 6. The smallest absolute Gasteiger partial charge is 0.317 e. The molecule has 0 saturated carbocycles. The van der Waals surface area contributed by atoms with Gasteiger partial charge < -0.3 is 41.0 Å². The highest BCUT2D eigenvalue weighted by Gasteiger charge is 2.57. The minimum atomic E-state index is -1.47. The summed E-state index contributed by atoms with van der Waals surface area (Å²) < 4.78 is 24.4. The Morgan fingerprint density at radius 2 is 1.22 bits per heavy atom. The number of aromatic hydroxyl groups is 2. The number of benzene rings is 3. The van der Waals surface area contributed by atoms with E-state index in [1.54, 1.807) is 24.3 Å². The van der Waals surface area contributed by atoms with E-state index in [4.69, 9.17) is 9.47 Å². The molecule has 3 aromatic rings. The number of fused-ring (bicyclic) bond motifs is 1. The van der Waals surface area contributed by atoms with Crippen LogP contribution in [0.2, 0.25) is 0 Å². The van der Waals surface area contributed by atoms with E-state index in [9.17, 15) is 24.2 Å². The van der Waals surface area contributed by atoms with Gasteiger partial charge in [-0.05, 0) is 53.1 Å². The van der Waals surface area contributed by atoms with Crippen LogP contribution in [0.5, 0.6) is 23.0 Å². The zero-order valence-corrected chi connectivity index (χ0v) is 19.9. The molecular formula is C26H25FN4O6. The van der Waals surface area contributed by atoms with E-state index in [-0.39, 0.29) is 23.0 Å². The van der Waals surface area contributed by atoms with E-state index in [1.807, 2.05) is 0 Å². The van der Waals surface area contributed by atoms with Crippen molar-refractivity contribution in [1.82, 2.24) is 21.3 Å². The number of carbonyl (C=O) groups is 2. The van der Waals surface area contributed by atoms with Gasteiger partial charge in [-0.15, -0.1) is 0 Å². The zero-order valence-electron chi connectivity index (χ0n) is 19.9. The Kier molecular flexibility index (Phi) is 5.90. The molecule has 0 bridgehead atoms. The van der Waals surface area contributed by atoms with Gasteiger partial charge in [0, 0.05) is 0 Å². The third-order valence-electron chi connectivity index (χ3n) is 6.84. The van der Waals surface area contributed by atoms with Crippen LogP contribution in [0.1, 0.15) is 28.8 Å². The fourth-order valence-electron chi connectivity index (χ4n) is 5.19. The molecule has 2 saturated heterocycles. The predicted molar refractivity (Wildman–Crippen MR) is 130 cm³/mol. The van der Waals surface area contributed by atoms with Gasteiger partial charge in [-0.25, -0.2) is 14.0 Å². The van der Waals surface area contributed by atoms with Gasteiger partial charge in [-0.3, -0.25) is 0 Å². The van der Waals surface area contributed by atoms with Gasteiger partial charge >= 0.3 is 12.1 Å². The number of amides is 4. The van der Waals surface area contributed by atoms with E-state index < -0.39 is 41.5 Å². The average Bonchev–Trinajstić information content (AvgIpc) is 2.88. The Morgan fingerprint density at radius 1 is 0.757 bits per heavy atom. The number of rotatable bonds is 5. The maximum absolute atomic E-state index is 13.9. The highest BCUT2D eigenvalue weighted by atomic mass is 19.1. The number of ether oxygens (including phenoxy) is 2. The van der Waals surface area contributed by atoms with Crippen molar-refractivity contribution in [3.8, 4) is 23.0 Å². The summed E-state index contributed by atoms with van der Waals surface area (Å²) >= 11 is 0. The molecular weight excluding hydrogens is 483 g/mol. The van der Waals surface area contributed by atoms with Crippen molar-refractivity contribution < 1.29 is 33.7 Å². The minimum Gasteiger partial charge on any atom is -0.504 e. The van der Waals surface area contributed by atoms with Crippen molar-refractivity contribution >= 4 is 12.1 Å². The number of nitrogens with one attached hydrogen (secondary N) is 4. The van der Waals surface area contributed by atoms with Crippen LogP contribution < -0.4 is 30.7 Å². The SMILES string of the molecule is COc1cc(C2NC(=O)NC3(c4ccc(F)cc4)NC(=O)NC(c4ccc(O)c(OC)c4)C23)ccc1O. The first-order valence-corrected chi connectivity index (χ1v) is 11.4. The normalized spacial score (nSPS) is 24.6. The maximum atomic E-state index is 13.9. The maximum Gasteiger partial charge on any atom is 0.317 e. The number of methoxy groups -OCH3 is 2. The standard InChI is InChI=1S/C26H25FN4O6/c1-36-19-11-13(3-9-17(19)32)22-21-23(14-4-10-18(33)20(12-14)37-2)29-25(35)31-26(21,30-24(34)28-22)15-5-7-16(27)8-6-15/h3-12,21-23,32-33H,1-2H3,(H2,28,30,34)(H2,29,31,35). The molecule has 5 rings (SSSR count). The summed E-state index contributed by atoms with van der Waals surface area (Å²) in [4.78, 5) is 26.1. The van der Waals surface area contributed by atoms with Gasteiger partial charge in [0.1, 0.15) is 11.5 Å². The summed E-state index contributed by atoms with van der Waals surface area (Å²) in [7, 11) is 2.83. The van der Waals surface area contributed by atoms with Crippen LogP contribution in [0.4, 0.5) is 14.0 Å². The molecule has 4 amide bonds. The van der Waals surface area contributed by atoms with Crippen LogP contribution in [-0.4, -0.2) is 36.5 Å². The molecule has 2 aliphatic heterocycles. The Balaban J connectivity index is 1.74. The molecule has 0 aliphatic carbocycles. The van der Waals surface area contributed by atoms with Crippen LogP contribution in [0, 0.1) is 11.7 Å². The van der Waals surface area contributed by atoms with E-state index >= 15 is 0 Å². The third kappa shape index (κ3) is 4.07. The lowest BCUT2D eigenvalue weighted by Crippen LogP contribution is -2.76. The zero-order chi connectivity index (χ0) is 26.3. The predicted octanol–water partition coefficient (Wildman–Crippen LogP) is 3.13. The molecule has 2 heterocycles. The number of urea groups is 2. The van der Waals surface area contributed by atoms with Crippen molar-refractivity contribution in [2.75, 3.05) is 14.2 Å². The first-order chi connectivity index (χ1) is 17.8. The Hall–Kier alpha value is -4.67. The number of carbonyl (C=O) groups excluding carboxylic acids is 2. The van der Waals surface area contributed by atoms with Gasteiger partial charge in [0.25, 0.3) is 0 Å². The lowest BCUT2D eigenvalue weighted by molar-refractivity contribution is 0.0556. The van der Waals surface area contributed by atoms with Gasteiger partial charge in [0.05, 0.1) is 32.2 Å². The van der Waals surface area contributed by atoms with Crippen LogP contribution in [0.15, 0.2) is 60.7 Å². The van der Waals surface area contributed by atoms with E-state index in [2.05, 4.69) is 21.3 Å². The number of halogens is 1. The third-order valence-corrected chi connectivity index (χ3v) is 6.84. The van der Waals surface area contributed by atoms with Crippen LogP contribution in [-0.2, 0) is 5.66 Å². The number of hydrogen-bond donors (Lipinski definition) is 6. The number of phenols is 2. The highest BCUT2D eigenvalue weighted by Crippen LogP contribution is 2.49. The summed E-state index contributed by atoms with van der Waals surface area (Å²) in [5.74, 6) is -0.882. The second kappa shape index (κ2) is 9.08. The Morgan fingerprint density at radius 3 is 1.65 bits per heavy atom. The fraction of sp³-hybridized carbons (Fsp3) is 0.231. The van der Waals surface area contributed by atoms with E-state index in [0.29, 0.717) is 16.7 Å². The molecule has 2 fully saturated rings. The van der Waals surface area contributed by atoms with Crippen LogP contribution >= 0.6 is 0 Å². The summed E-state index contributed by atoms with van der Waals surface area (Å²) in [5.41, 5.74) is 0.170. The van der Waals surface area contributed by atoms with Gasteiger partial charge in [-0.2, -0.15) is 0 Å². The molecule has 0 radical (unpaired) electrons. The van der Waals surface area contributed by atoms with Crippen molar-refractivity contribution in [2.45, 2.75) is 17.7 Å². The summed E-state index contributed by atoms with van der Waals surface area (Å²) in [6.07, 6.45) is 0. The Labute approximate surface area is 211 Å². The topological polar surface area (TPSA) is 141 Å². The van der Waals surface area contributed by atoms with Crippen LogP contribution in [0.25, 0.3) is 0 Å². The molecule has 0 spiro atoms. The minimum absolute atomic E-state index is 0.0776. The monoisotopic (exact) mass is 508 g/mol. The first-order valence-electron chi connectivity index (χ1n) is 11.4. The van der Waals surface area contributed by atoms with Gasteiger partial charge in [0.15, 0.2) is 23.0 Å². The highest BCUT2D eigenvalue weighted by molar-refractivity contribution is 5.82. The van der Waals surface area contributed by atoms with Crippen molar-refractivity contribution in [2.24, 2.45) is 5.92 Å². The van der Waals surface area contributed by atoms with E-state index in [0.717, 1.165) is 0 Å². The van der Waals surface area contributed by atoms with Crippen molar-refractivity contribution in [3.05, 3.63) is 83.2 Å². The molecule has 37 heavy (non-hydrogen) atoms. The largest absolute Gasteiger partial charge is 0.504 e. The lowest BCUT2D eigenvalue weighted by atomic mass is 9.70. The van der Waals surface area contributed by atoms with Crippen molar-refractivity contribution in [1.29, 1.82) is 0 Å². The second-order valence-corrected chi connectivity index (χ2v) is 8.86. The molecule has 6 N–H and O–H groups in total. The average molecular weight is 509 g/mol. The molecule has 2 atom stereocenters.